The third-order valence-electron chi connectivity index (χ3n) is 4.20. The Morgan fingerprint density at radius 1 is 1.42 bits per heavy atom. The standard InChI is InChI=1S/C16H21ClN2/c1-11-3-6-14-15(9-11)19(16(18-14)7-8-17)10-12(2)13-4-5-13/h3,6,9,12-13H,4-5,7-8,10H2,1-2H3. The van der Waals surface area contributed by atoms with Crippen LogP contribution in [0.3, 0.4) is 0 Å². The molecule has 0 N–H and O–H groups in total. The molecule has 0 amide bonds. The number of nitrogens with zero attached hydrogens (tertiary/aromatic N) is 2. The fourth-order valence-electron chi connectivity index (χ4n) is 2.86. The van der Waals surface area contributed by atoms with E-state index >= 15 is 0 Å². The van der Waals surface area contributed by atoms with Crippen molar-refractivity contribution in [3.63, 3.8) is 0 Å². The van der Waals surface area contributed by atoms with E-state index in [4.69, 9.17) is 16.6 Å². The Balaban J connectivity index is 2.01. The Bertz CT molecular complexity index is 584. The van der Waals surface area contributed by atoms with Gasteiger partial charge >= 0.3 is 0 Å². The number of aryl methyl sites for hydroxylation is 2. The van der Waals surface area contributed by atoms with Crippen LogP contribution in [0.5, 0.6) is 0 Å². The van der Waals surface area contributed by atoms with Gasteiger partial charge in [0.25, 0.3) is 0 Å². The van der Waals surface area contributed by atoms with E-state index in [0.29, 0.717) is 5.88 Å². The second-order valence-corrected chi connectivity index (χ2v) is 6.26. The summed E-state index contributed by atoms with van der Waals surface area (Å²) >= 11 is 5.92. The molecule has 1 unspecified atom stereocenters. The maximum atomic E-state index is 5.92. The van der Waals surface area contributed by atoms with Gasteiger partial charge in [-0.3, -0.25) is 0 Å². The number of benzene rings is 1. The van der Waals surface area contributed by atoms with E-state index in [0.717, 1.165) is 36.1 Å². The molecule has 1 fully saturated rings. The summed E-state index contributed by atoms with van der Waals surface area (Å²) in [6.07, 6.45) is 3.65. The van der Waals surface area contributed by atoms with E-state index in [1.165, 1.54) is 23.9 Å². The molecule has 0 aliphatic heterocycles. The Hall–Kier alpha value is -1.02. The Morgan fingerprint density at radius 2 is 2.21 bits per heavy atom. The molecular formula is C16H21ClN2. The summed E-state index contributed by atoms with van der Waals surface area (Å²) in [4.78, 5) is 4.75. The first-order valence-electron chi connectivity index (χ1n) is 7.20. The van der Waals surface area contributed by atoms with Crippen molar-refractivity contribution in [2.75, 3.05) is 5.88 Å². The van der Waals surface area contributed by atoms with E-state index in [2.05, 4.69) is 36.6 Å². The molecule has 1 saturated carbocycles. The normalized spacial score (nSPS) is 17.0. The first-order valence-corrected chi connectivity index (χ1v) is 7.74. The van der Waals surface area contributed by atoms with Gasteiger partial charge in [-0.15, -0.1) is 11.6 Å². The zero-order valence-corrected chi connectivity index (χ0v) is 12.5. The third-order valence-corrected chi connectivity index (χ3v) is 4.39. The van der Waals surface area contributed by atoms with Crippen molar-refractivity contribution in [2.45, 2.75) is 39.7 Å². The van der Waals surface area contributed by atoms with Gasteiger partial charge in [-0.1, -0.05) is 13.0 Å². The molecule has 102 valence electrons. The van der Waals surface area contributed by atoms with Crippen LogP contribution in [0.2, 0.25) is 0 Å². The summed E-state index contributed by atoms with van der Waals surface area (Å²) < 4.78 is 2.40. The lowest BCUT2D eigenvalue weighted by atomic mass is 10.1. The van der Waals surface area contributed by atoms with Crippen molar-refractivity contribution < 1.29 is 0 Å². The molecule has 0 radical (unpaired) electrons. The number of fused-ring (bicyclic) bond motifs is 1. The van der Waals surface area contributed by atoms with Crippen molar-refractivity contribution in [1.29, 1.82) is 0 Å². The predicted octanol–water partition coefficient (Wildman–Crippen LogP) is 4.17. The minimum absolute atomic E-state index is 0.639. The number of imidazole rings is 1. The minimum Gasteiger partial charge on any atom is -0.328 e. The van der Waals surface area contributed by atoms with Crippen LogP contribution in [0.15, 0.2) is 18.2 Å². The molecule has 2 nitrogen and oxygen atoms in total. The SMILES string of the molecule is Cc1ccc2nc(CCCl)n(CC(C)C3CC3)c2c1. The van der Waals surface area contributed by atoms with Crippen molar-refractivity contribution >= 4 is 22.6 Å². The Kier molecular flexibility index (Phi) is 3.53. The van der Waals surface area contributed by atoms with Crippen LogP contribution in [0.1, 0.15) is 31.2 Å². The average molecular weight is 277 g/mol. The third kappa shape index (κ3) is 2.64. The van der Waals surface area contributed by atoms with Crippen LogP contribution in [0.25, 0.3) is 11.0 Å². The second kappa shape index (κ2) is 5.16. The summed E-state index contributed by atoms with van der Waals surface area (Å²) in [6, 6.07) is 6.51. The lowest BCUT2D eigenvalue weighted by Gasteiger charge is -2.14. The van der Waals surface area contributed by atoms with Crippen molar-refractivity contribution in [3.8, 4) is 0 Å². The molecule has 3 heteroatoms. The molecule has 1 aliphatic rings. The summed E-state index contributed by atoms with van der Waals surface area (Å²) in [5.74, 6) is 3.45. The van der Waals surface area contributed by atoms with Crippen LogP contribution < -0.4 is 0 Å². The van der Waals surface area contributed by atoms with Crippen molar-refractivity contribution in [2.24, 2.45) is 11.8 Å². The van der Waals surface area contributed by atoms with E-state index in [1.807, 2.05) is 0 Å². The number of hydrogen-bond donors (Lipinski definition) is 0. The monoisotopic (exact) mass is 276 g/mol. The second-order valence-electron chi connectivity index (χ2n) is 5.88. The van der Waals surface area contributed by atoms with Gasteiger partial charge in [0.15, 0.2) is 0 Å². The Labute approximate surface area is 119 Å². The highest BCUT2D eigenvalue weighted by atomic mass is 35.5. The van der Waals surface area contributed by atoms with E-state index in [1.54, 1.807) is 0 Å². The molecule has 2 aromatic rings. The number of rotatable bonds is 5. The number of hydrogen-bond acceptors (Lipinski definition) is 1. The zero-order valence-electron chi connectivity index (χ0n) is 11.7. The number of halogens is 1. The largest absolute Gasteiger partial charge is 0.328 e. The lowest BCUT2D eigenvalue weighted by Crippen LogP contribution is -2.12. The molecule has 1 aromatic heterocycles. The molecule has 19 heavy (non-hydrogen) atoms. The van der Waals surface area contributed by atoms with Gasteiger partial charge < -0.3 is 4.57 Å². The maximum absolute atomic E-state index is 5.92. The van der Waals surface area contributed by atoms with Gasteiger partial charge in [-0.25, -0.2) is 4.98 Å². The van der Waals surface area contributed by atoms with Gasteiger partial charge in [0.1, 0.15) is 5.82 Å². The fraction of sp³-hybridized carbons (Fsp3) is 0.562. The summed E-state index contributed by atoms with van der Waals surface area (Å²) in [5, 5.41) is 0. The molecule has 0 bridgehead atoms. The Morgan fingerprint density at radius 3 is 2.89 bits per heavy atom. The van der Waals surface area contributed by atoms with Gasteiger partial charge in [-0.2, -0.15) is 0 Å². The molecule has 0 saturated heterocycles. The number of alkyl halides is 1. The fourth-order valence-corrected chi connectivity index (χ4v) is 3.03. The van der Waals surface area contributed by atoms with Crippen molar-refractivity contribution in [3.05, 3.63) is 29.6 Å². The zero-order chi connectivity index (χ0) is 13.4. The number of aromatic nitrogens is 2. The molecule has 1 aliphatic carbocycles. The molecule has 1 aromatic carbocycles. The van der Waals surface area contributed by atoms with Gasteiger partial charge in [0, 0.05) is 18.8 Å². The van der Waals surface area contributed by atoms with Crippen LogP contribution in [-0.4, -0.2) is 15.4 Å². The average Bonchev–Trinajstić information content (AvgIpc) is 3.17. The van der Waals surface area contributed by atoms with Crippen LogP contribution in [0.4, 0.5) is 0 Å². The predicted molar refractivity (Wildman–Crippen MR) is 80.8 cm³/mol. The minimum atomic E-state index is 0.639. The van der Waals surface area contributed by atoms with Gasteiger partial charge in [0.2, 0.25) is 0 Å². The van der Waals surface area contributed by atoms with Gasteiger partial charge in [-0.05, 0) is 49.3 Å². The molecular weight excluding hydrogens is 256 g/mol. The van der Waals surface area contributed by atoms with E-state index in [9.17, 15) is 0 Å². The van der Waals surface area contributed by atoms with Crippen LogP contribution in [0, 0.1) is 18.8 Å². The smallest absolute Gasteiger partial charge is 0.111 e. The lowest BCUT2D eigenvalue weighted by molar-refractivity contribution is 0.429. The highest BCUT2D eigenvalue weighted by Gasteiger charge is 2.28. The van der Waals surface area contributed by atoms with E-state index < -0.39 is 0 Å². The molecule has 0 spiro atoms. The first-order chi connectivity index (χ1) is 9.19. The maximum Gasteiger partial charge on any atom is 0.111 e. The molecule has 3 rings (SSSR count). The van der Waals surface area contributed by atoms with Crippen LogP contribution in [-0.2, 0) is 13.0 Å². The quantitative estimate of drug-likeness (QED) is 0.750. The molecule has 1 atom stereocenters. The topological polar surface area (TPSA) is 17.8 Å². The summed E-state index contributed by atoms with van der Waals surface area (Å²) in [7, 11) is 0. The first kappa shape index (κ1) is 13.0. The van der Waals surface area contributed by atoms with Crippen molar-refractivity contribution in [1.82, 2.24) is 9.55 Å². The molecule has 1 heterocycles. The van der Waals surface area contributed by atoms with Gasteiger partial charge in [0.05, 0.1) is 11.0 Å². The van der Waals surface area contributed by atoms with Crippen LogP contribution >= 0.6 is 11.6 Å². The summed E-state index contributed by atoms with van der Waals surface area (Å²) in [5.41, 5.74) is 3.67. The highest BCUT2D eigenvalue weighted by Crippen LogP contribution is 2.38. The highest BCUT2D eigenvalue weighted by molar-refractivity contribution is 6.17. The van der Waals surface area contributed by atoms with E-state index in [-0.39, 0.29) is 0 Å². The summed E-state index contributed by atoms with van der Waals surface area (Å²) in [6.45, 7) is 5.59.